The van der Waals surface area contributed by atoms with Crippen LogP contribution in [0.1, 0.15) is 24.1 Å². The summed E-state index contributed by atoms with van der Waals surface area (Å²) in [4.78, 5) is 4.13. The van der Waals surface area contributed by atoms with Gasteiger partial charge < -0.3 is 5.73 Å². The second kappa shape index (κ2) is 5.60. The average molecular weight is 291 g/mol. The number of hydrogen-bond acceptors (Lipinski definition) is 4. The lowest BCUT2D eigenvalue weighted by Gasteiger charge is -2.15. The number of benzene rings is 1. The number of sulfonamides is 1. The molecule has 0 spiro atoms. The Morgan fingerprint density at radius 3 is 2.45 bits per heavy atom. The van der Waals surface area contributed by atoms with Gasteiger partial charge in [0, 0.05) is 24.1 Å². The van der Waals surface area contributed by atoms with E-state index in [9.17, 15) is 8.42 Å². The zero-order valence-corrected chi connectivity index (χ0v) is 12.2. The van der Waals surface area contributed by atoms with E-state index in [1.54, 1.807) is 50.5 Å². The Bertz CT molecular complexity index is 700. The van der Waals surface area contributed by atoms with Gasteiger partial charge in [0.25, 0.3) is 0 Å². The lowest BCUT2D eigenvalue weighted by atomic mass is 10.1. The van der Waals surface area contributed by atoms with Crippen LogP contribution in [0.2, 0.25) is 0 Å². The summed E-state index contributed by atoms with van der Waals surface area (Å²) in [6, 6.07) is 7.89. The number of aryl methyl sites for hydroxylation is 1. The van der Waals surface area contributed by atoms with Gasteiger partial charge in [-0.05, 0) is 55.3 Å². The molecular formula is C14H17N3O2S. The fourth-order valence-corrected chi connectivity index (χ4v) is 3.15. The first-order chi connectivity index (χ1) is 9.40. The summed E-state index contributed by atoms with van der Waals surface area (Å²) in [5, 5.41) is 0. The smallest absolute Gasteiger partial charge is 0.241 e. The van der Waals surface area contributed by atoms with E-state index in [2.05, 4.69) is 9.71 Å². The molecule has 2 rings (SSSR count). The van der Waals surface area contributed by atoms with Crippen molar-refractivity contribution in [1.29, 1.82) is 0 Å². The normalized spacial score (nSPS) is 13.1. The van der Waals surface area contributed by atoms with E-state index in [-0.39, 0.29) is 10.9 Å². The minimum atomic E-state index is -3.57. The Kier molecular flexibility index (Phi) is 4.06. The van der Waals surface area contributed by atoms with Gasteiger partial charge in [-0.2, -0.15) is 0 Å². The fraction of sp³-hybridized carbons (Fsp3) is 0.214. The van der Waals surface area contributed by atoms with Crippen molar-refractivity contribution in [3.05, 3.63) is 53.9 Å². The zero-order valence-electron chi connectivity index (χ0n) is 11.4. The Morgan fingerprint density at radius 2 is 1.85 bits per heavy atom. The summed E-state index contributed by atoms with van der Waals surface area (Å²) >= 11 is 0. The van der Waals surface area contributed by atoms with Crippen molar-refractivity contribution in [2.24, 2.45) is 0 Å². The highest BCUT2D eigenvalue weighted by atomic mass is 32.2. The molecule has 5 nitrogen and oxygen atoms in total. The SMILES string of the molecule is Cc1cc(S(=O)(=O)NC(C)c2ccncc2)ccc1N. The number of nitrogens with zero attached hydrogens (tertiary/aromatic N) is 1. The predicted octanol–water partition coefficient (Wildman–Crippen LogP) is 2.01. The van der Waals surface area contributed by atoms with Crippen molar-refractivity contribution < 1.29 is 8.42 Å². The Morgan fingerprint density at radius 1 is 1.20 bits per heavy atom. The summed E-state index contributed by atoms with van der Waals surface area (Å²) in [5.74, 6) is 0. The molecule has 1 atom stereocenters. The molecule has 0 aliphatic heterocycles. The third-order valence-corrected chi connectivity index (χ3v) is 4.63. The first-order valence-corrected chi connectivity index (χ1v) is 7.67. The number of anilines is 1. The van der Waals surface area contributed by atoms with Crippen molar-refractivity contribution in [2.45, 2.75) is 24.8 Å². The van der Waals surface area contributed by atoms with Crippen LogP contribution in [0, 0.1) is 6.92 Å². The molecule has 106 valence electrons. The minimum Gasteiger partial charge on any atom is -0.399 e. The number of nitrogens with one attached hydrogen (secondary N) is 1. The summed E-state index contributed by atoms with van der Waals surface area (Å²) in [5.41, 5.74) is 7.87. The lowest BCUT2D eigenvalue weighted by Crippen LogP contribution is -2.27. The van der Waals surface area contributed by atoms with Gasteiger partial charge in [0.1, 0.15) is 0 Å². The van der Waals surface area contributed by atoms with Gasteiger partial charge in [0.15, 0.2) is 0 Å². The summed E-state index contributed by atoms with van der Waals surface area (Å²) < 4.78 is 27.3. The Balaban J connectivity index is 2.25. The van der Waals surface area contributed by atoms with Crippen LogP contribution in [0.4, 0.5) is 5.69 Å². The van der Waals surface area contributed by atoms with Crippen molar-refractivity contribution >= 4 is 15.7 Å². The van der Waals surface area contributed by atoms with Crippen LogP contribution >= 0.6 is 0 Å². The van der Waals surface area contributed by atoms with Gasteiger partial charge in [0.05, 0.1) is 4.90 Å². The number of hydrogen-bond donors (Lipinski definition) is 2. The van der Waals surface area contributed by atoms with Gasteiger partial charge in [-0.1, -0.05) is 0 Å². The van der Waals surface area contributed by atoms with E-state index in [4.69, 9.17) is 5.73 Å². The fourth-order valence-electron chi connectivity index (χ4n) is 1.84. The van der Waals surface area contributed by atoms with Crippen LogP contribution < -0.4 is 10.5 Å². The molecular weight excluding hydrogens is 274 g/mol. The Labute approximate surface area is 118 Å². The summed E-state index contributed by atoms with van der Waals surface area (Å²) in [6.07, 6.45) is 3.26. The quantitative estimate of drug-likeness (QED) is 0.844. The molecule has 20 heavy (non-hydrogen) atoms. The van der Waals surface area contributed by atoms with E-state index >= 15 is 0 Å². The van der Waals surface area contributed by atoms with Crippen LogP contribution in [-0.4, -0.2) is 13.4 Å². The largest absolute Gasteiger partial charge is 0.399 e. The zero-order chi connectivity index (χ0) is 14.8. The second-order valence-corrected chi connectivity index (χ2v) is 6.36. The van der Waals surface area contributed by atoms with Crippen LogP contribution in [0.5, 0.6) is 0 Å². The second-order valence-electron chi connectivity index (χ2n) is 4.64. The average Bonchev–Trinajstić information content (AvgIpc) is 2.42. The van der Waals surface area contributed by atoms with E-state index < -0.39 is 10.0 Å². The van der Waals surface area contributed by atoms with Crippen molar-refractivity contribution in [2.75, 3.05) is 5.73 Å². The molecule has 1 aromatic heterocycles. The molecule has 1 unspecified atom stereocenters. The third-order valence-electron chi connectivity index (χ3n) is 3.09. The molecule has 3 N–H and O–H groups in total. The highest BCUT2D eigenvalue weighted by Gasteiger charge is 2.18. The van der Waals surface area contributed by atoms with Crippen LogP contribution in [-0.2, 0) is 10.0 Å². The molecule has 1 heterocycles. The van der Waals surface area contributed by atoms with E-state index in [1.165, 1.54) is 6.07 Å². The molecule has 0 amide bonds. The number of aromatic nitrogens is 1. The molecule has 0 fully saturated rings. The molecule has 2 aromatic rings. The van der Waals surface area contributed by atoms with Crippen LogP contribution in [0.3, 0.4) is 0 Å². The summed E-state index contributed by atoms with van der Waals surface area (Å²) in [7, 11) is -3.57. The monoisotopic (exact) mass is 291 g/mol. The highest BCUT2D eigenvalue weighted by molar-refractivity contribution is 7.89. The maximum atomic E-state index is 12.3. The molecule has 0 aliphatic rings. The highest BCUT2D eigenvalue weighted by Crippen LogP contribution is 2.19. The number of pyridine rings is 1. The van der Waals surface area contributed by atoms with Crippen molar-refractivity contribution in [1.82, 2.24) is 9.71 Å². The van der Waals surface area contributed by atoms with E-state index in [0.717, 1.165) is 11.1 Å². The molecule has 6 heteroatoms. The van der Waals surface area contributed by atoms with E-state index in [1.807, 2.05) is 0 Å². The van der Waals surface area contributed by atoms with E-state index in [0.29, 0.717) is 5.69 Å². The van der Waals surface area contributed by atoms with Gasteiger partial charge in [-0.15, -0.1) is 0 Å². The first-order valence-electron chi connectivity index (χ1n) is 6.18. The van der Waals surface area contributed by atoms with Crippen LogP contribution in [0.25, 0.3) is 0 Å². The molecule has 1 aromatic carbocycles. The minimum absolute atomic E-state index is 0.213. The van der Waals surface area contributed by atoms with Gasteiger partial charge >= 0.3 is 0 Å². The third kappa shape index (κ3) is 3.15. The number of rotatable bonds is 4. The van der Waals surface area contributed by atoms with Gasteiger partial charge in [-0.25, -0.2) is 13.1 Å². The number of nitrogens with two attached hydrogens (primary N) is 1. The van der Waals surface area contributed by atoms with Crippen LogP contribution in [0.15, 0.2) is 47.6 Å². The first kappa shape index (κ1) is 14.5. The predicted molar refractivity (Wildman–Crippen MR) is 78.6 cm³/mol. The molecule has 0 saturated carbocycles. The molecule has 0 aliphatic carbocycles. The summed E-state index contributed by atoms with van der Waals surface area (Å²) in [6.45, 7) is 3.57. The number of nitrogen functional groups attached to an aromatic ring is 1. The Hall–Kier alpha value is -1.92. The topological polar surface area (TPSA) is 85.1 Å². The molecule has 0 bridgehead atoms. The maximum Gasteiger partial charge on any atom is 0.241 e. The lowest BCUT2D eigenvalue weighted by molar-refractivity contribution is 0.567. The van der Waals surface area contributed by atoms with Crippen molar-refractivity contribution in [3.63, 3.8) is 0 Å². The van der Waals surface area contributed by atoms with Gasteiger partial charge in [-0.3, -0.25) is 4.98 Å². The van der Waals surface area contributed by atoms with Gasteiger partial charge in [0.2, 0.25) is 10.0 Å². The molecule has 0 radical (unpaired) electrons. The standard InChI is InChI=1S/C14H17N3O2S/c1-10-9-13(3-4-14(10)15)20(18,19)17-11(2)12-5-7-16-8-6-12/h3-9,11,17H,15H2,1-2H3. The molecule has 0 saturated heterocycles. The maximum absolute atomic E-state index is 12.3. The van der Waals surface area contributed by atoms with Crippen molar-refractivity contribution in [3.8, 4) is 0 Å².